The molecule has 2 N–H and O–H groups in total. The number of hydrogen-bond donors (Lipinski definition) is 1. The zero-order valence-corrected chi connectivity index (χ0v) is 11.8. The van der Waals surface area contributed by atoms with Gasteiger partial charge in [0.15, 0.2) is 5.58 Å². The summed E-state index contributed by atoms with van der Waals surface area (Å²) in [5, 5.41) is 0. The van der Waals surface area contributed by atoms with Crippen molar-refractivity contribution in [3.63, 3.8) is 0 Å². The lowest BCUT2D eigenvalue weighted by atomic mass is 9.95. The third kappa shape index (κ3) is 2.35. The molecule has 20 heavy (non-hydrogen) atoms. The van der Waals surface area contributed by atoms with E-state index < -0.39 is 0 Å². The van der Waals surface area contributed by atoms with Crippen LogP contribution in [0.1, 0.15) is 26.2 Å². The van der Waals surface area contributed by atoms with Crippen LogP contribution in [0.4, 0.5) is 5.69 Å². The van der Waals surface area contributed by atoms with E-state index >= 15 is 0 Å². The number of rotatable bonds is 3. The molecule has 2 heterocycles. The second-order valence-electron chi connectivity index (χ2n) is 5.82. The number of carbonyl (C=O) groups is 1. The number of likely N-dealkylation sites (tertiary alicyclic amines) is 1. The Hall–Kier alpha value is -2.04. The van der Waals surface area contributed by atoms with Crippen LogP contribution >= 0.6 is 0 Å². The van der Waals surface area contributed by atoms with Crippen molar-refractivity contribution in [2.45, 2.75) is 26.8 Å². The first-order valence-electron chi connectivity index (χ1n) is 6.95. The summed E-state index contributed by atoms with van der Waals surface area (Å²) in [5.74, 6) is 1.71. The Morgan fingerprint density at radius 3 is 3.00 bits per heavy atom. The van der Waals surface area contributed by atoms with Gasteiger partial charge in [-0.15, -0.1) is 0 Å². The van der Waals surface area contributed by atoms with Gasteiger partial charge in [-0.2, -0.15) is 0 Å². The van der Waals surface area contributed by atoms with E-state index in [2.05, 4.69) is 18.8 Å². The van der Waals surface area contributed by atoms with Crippen LogP contribution < -0.4 is 5.73 Å². The molecule has 1 aromatic carbocycles. The minimum absolute atomic E-state index is 0.186. The summed E-state index contributed by atoms with van der Waals surface area (Å²) < 4.78 is 5.67. The van der Waals surface area contributed by atoms with Crippen molar-refractivity contribution in [3.05, 3.63) is 24.1 Å². The number of oxazole rings is 1. The Kier molecular flexibility index (Phi) is 3.12. The molecule has 1 fully saturated rings. The summed E-state index contributed by atoms with van der Waals surface area (Å²) in [4.78, 5) is 18.2. The van der Waals surface area contributed by atoms with Crippen molar-refractivity contribution in [2.24, 2.45) is 11.8 Å². The summed E-state index contributed by atoms with van der Waals surface area (Å²) >= 11 is 0. The lowest BCUT2D eigenvalue weighted by Crippen LogP contribution is -2.25. The Morgan fingerprint density at radius 2 is 2.30 bits per heavy atom. The topological polar surface area (TPSA) is 72.4 Å². The van der Waals surface area contributed by atoms with Gasteiger partial charge in [0.2, 0.25) is 11.8 Å². The van der Waals surface area contributed by atoms with Gasteiger partial charge in [0.25, 0.3) is 0 Å². The number of anilines is 1. The summed E-state index contributed by atoms with van der Waals surface area (Å²) in [6.45, 7) is 5.54. The Bertz CT molecular complexity index is 648. The molecule has 1 amide bonds. The molecule has 0 radical (unpaired) electrons. The van der Waals surface area contributed by atoms with Crippen molar-refractivity contribution in [3.8, 4) is 0 Å². The number of nitrogens with two attached hydrogens (primary N) is 1. The van der Waals surface area contributed by atoms with Crippen LogP contribution in [-0.4, -0.2) is 22.3 Å². The molecule has 1 aliphatic rings. The number of nitrogen functional groups attached to an aromatic ring is 1. The number of nitrogens with zero attached hydrogens (tertiary/aromatic N) is 2. The van der Waals surface area contributed by atoms with Gasteiger partial charge in [-0.3, -0.25) is 4.79 Å². The number of fused-ring (bicyclic) bond motifs is 1. The second kappa shape index (κ2) is 4.81. The largest absolute Gasteiger partial charge is 0.439 e. The fourth-order valence-corrected chi connectivity index (χ4v) is 2.62. The van der Waals surface area contributed by atoms with Gasteiger partial charge in [0.05, 0.1) is 6.54 Å². The summed E-state index contributed by atoms with van der Waals surface area (Å²) in [7, 11) is 0. The molecule has 106 valence electrons. The van der Waals surface area contributed by atoms with E-state index in [1.54, 1.807) is 12.1 Å². The van der Waals surface area contributed by atoms with Crippen LogP contribution in [-0.2, 0) is 11.3 Å². The first kappa shape index (κ1) is 13.0. The van der Waals surface area contributed by atoms with E-state index in [4.69, 9.17) is 10.2 Å². The molecular weight excluding hydrogens is 254 g/mol. The fourth-order valence-electron chi connectivity index (χ4n) is 2.62. The van der Waals surface area contributed by atoms with Gasteiger partial charge < -0.3 is 15.1 Å². The van der Waals surface area contributed by atoms with Gasteiger partial charge in [-0.05, 0) is 24.0 Å². The zero-order chi connectivity index (χ0) is 14.3. The third-order valence-corrected chi connectivity index (χ3v) is 3.97. The zero-order valence-electron chi connectivity index (χ0n) is 11.8. The van der Waals surface area contributed by atoms with E-state index in [0.717, 1.165) is 12.1 Å². The van der Waals surface area contributed by atoms with Crippen LogP contribution in [0.2, 0.25) is 0 Å². The molecule has 1 aliphatic heterocycles. The fraction of sp³-hybridized carbons (Fsp3) is 0.467. The summed E-state index contributed by atoms with van der Waals surface area (Å²) in [5.41, 5.74) is 7.82. The second-order valence-corrected chi connectivity index (χ2v) is 5.82. The SMILES string of the molecule is CC(C)C1CC(=O)N(Cc2nc3ccc(N)cc3o2)C1. The molecule has 0 spiro atoms. The lowest BCUT2D eigenvalue weighted by molar-refractivity contribution is -0.128. The van der Waals surface area contributed by atoms with E-state index in [-0.39, 0.29) is 5.91 Å². The molecule has 1 unspecified atom stereocenters. The van der Waals surface area contributed by atoms with Gasteiger partial charge in [-0.1, -0.05) is 13.8 Å². The summed E-state index contributed by atoms with van der Waals surface area (Å²) in [6.07, 6.45) is 0.630. The maximum absolute atomic E-state index is 12.0. The molecule has 0 saturated carbocycles. The van der Waals surface area contributed by atoms with E-state index in [1.165, 1.54) is 0 Å². The van der Waals surface area contributed by atoms with Gasteiger partial charge in [0, 0.05) is 24.7 Å². The van der Waals surface area contributed by atoms with E-state index in [9.17, 15) is 4.79 Å². The molecule has 2 aromatic rings. The number of benzene rings is 1. The molecule has 3 rings (SSSR count). The number of hydrogen-bond acceptors (Lipinski definition) is 4. The highest BCUT2D eigenvalue weighted by atomic mass is 16.3. The van der Waals surface area contributed by atoms with Crippen LogP contribution in [0.25, 0.3) is 11.1 Å². The first-order valence-corrected chi connectivity index (χ1v) is 6.95. The standard InChI is InChI=1S/C15H19N3O2/c1-9(2)10-5-15(19)18(7-10)8-14-17-12-4-3-11(16)6-13(12)20-14/h3-4,6,9-10H,5,7-8,16H2,1-2H3. The van der Waals surface area contributed by atoms with Crippen LogP contribution in [0.15, 0.2) is 22.6 Å². The highest BCUT2D eigenvalue weighted by Gasteiger charge is 2.32. The van der Waals surface area contributed by atoms with Crippen molar-refractivity contribution in [1.29, 1.82) is 0 Å². The monoisotopic (exact) mass is 273 g/mol. The Balaban J connectivity index is 1.78. The first-order chi connectivity index (χ1) is 9.52. The van der Waals surface area contributed by atoms with Crippen molar-refractivity contribution >= 4 is 22.7 Å². The average Bonchev–Trinajstić information content (AvgIpc) is 2.93. The molecule has 0 bridgehead atoms. The van der Waals surface area contributed by atoms with Gasteiger partial charge in [0.1, 0.15) is 5.52 Å². The van der Waals surface area contributed by atoms with Crippen LogP contribution in [0.3, 0.4) is 0 Å². The summed E-state index contributed by atoms with van der Waals surface area (Å²) in [6, 6.07) is 5.39. The third-order valence-electron chi connectivity index (χ3n) is 3.97. The maximum atomic E-state index is 12.0. The molecule has 1 saturated heterocycles. The molecule has 1 atom stereocenters. The Labute approximate surface area is 117 Å². The van der Waals surface area contributed by atoms with E-state index in [1.807, 2.05) is 11.0 Å². The van der Waals surface area contributed by atoms with Crippen LogP contribution in [0.5, 0.6) is 0 Å². The highest BCUT2D eigenvalue weighted by molar-refractivity contribution is 5.79. The normalized spacial score (nSPS) is 19.4. The number of aromatic nitrogens is 1. The molecular formula is C15H19N3O2. The minimum Gasteiger partial charge on any atom is -0.439 e. The van der Waals surface area contributed by atoms with Crippen molar-refractivity contribution < 1.29 is 9.21 Å². The maximum Gasteiger partial charge on any atom is 0.223 e. The molecule has 0 aliphatic carbocycles. The van der Waals surface area contributed by atoms with E-state index in [0.29, 0.717) is 42.0 Å². The molecule has 5 nitrogen and oxygen atoms in total. The van der Waals surface area contributed by atoms with Crippen molar-refractivity contribution in [2.75, 3.05) is 12.3 Å². The smallest absolute Gasteiger partial charge is 0.223 e. The minimum atomic E-state index is 0.186. The number of amides is 1. The molecule has 5 heteroatoms. The molecule has 1 aromatic heterocycles. The van der Waals surface area contributed by atoms with Gasteiger partial charge >= 0.3 is 0 Å². The quantitative estimate of drug-likeness (QED) is 0.872. The lowest BCUT2D eigenvalue weighted by Gasteiger charge is -2.16. The predicted molar refractivity (Wildman–Crippen MR) is 76.8 cm³/mol. The average molecular weight is 273 g/mol. The predicted octanol–water partition coefficient (Wildman–Crippen LogP) is 2.41. The van der Waals surface area contributed by atoms with Gasteiger partial charge in [-0.25, -0.2) is 4.98 Å². The Morgan fingerprint density at radius 1 is 1.50 bits per heavy atom. The number of carbonyl (C=O) groups excluding carboxylic acids is 1. The van der Waals surface area contributed by atoms with Crippen molar-refractivity contribution in [1.82, 2.24) is 9.88 Å². The van der Waals surface area contributed by atoms with Crippen LogP contribution in [0, 0.1) is 11.8 Å². The highest BCUT2D eigenvalue weighted by Crippen LogP contribution is 2.27.